The molecule has 0 radical (unpaired) electrons. The summed E-state index contributed by atoms with van der Waals surface area (Å²) in [5, 5.41) is 0. The van der Waals surface area contributed by atoms with E-state index in [1.54, 1.807) is 25.6 Å². The smallest absolute Gasteiger partial charge is 0.254 e. The van der Waals surface area contributed by atoms with Gasteiger partial charge in [-0.15, -0.1) is 0 Å². The number of amides is 1. The molecule has 0 unspecified atom stereocenters. The molecule has 0 aliphatic heterocycles. The van der Waals surface area contributed by atoms with Gasteiger partial charge in [0.05, 0.1) is 7.11 Å². The first-order chi connectivity index (χ1) is 10.3. The SMILES string of the molecule is COc1cccc(C(=O)N(Cc2ccncc2)C2CC2)c1. The lowest BCUT2D eigenvalue weighted by Gasteiger charge is -2.22. The summed E-state index contributed by atoms with van der Waals surface area (Å²) < 4.78 is 5.20. The van der Waals surface area contributed by atoms with Gasteiger partial charge in [0.1, 0.15) is 5.75 Å². The van der Waals surface area contributed by atoms with E-state index in [4.69, 9.17) is 4.74 Å². The number of ether oxygens (including phenoxy) is 1. The first-order valence-corrected chi connectivity index (χ1v) is 7.12. The van der Waals surface area contributed by atoms with Crippen molar-refractivity contribution in [3.05, 3.63) is 59.9 Å². The number of hydrogen-bond donors (Lipinski definition) is 0. The van der Waals surface area contributed by atoms with Crippen molar-refractivity contribution in [2.24, 2.45) is 0 Å². The quantitative estimate of drug-likeness (QED) is 0.847. The van der Waals surface area contributed by atoms with E-state index < -0.39 is 0 Å². The standard InChI is InChI=1S/C17H18N2O2/c1-21-16-4-2-3-14(11-16)17(20)19(15-5-6-15)12-13-7-9-18-10-8-13/h2-4,7-11,15H,5-6,12H2,1H3. The summed E-state index contributed by atoms with van der Waals surface area (Å²) in [6.07, 6.45) is 5.69. The predicted octanol–water partition coefficient (Wildman–Crippen LogP) is 2.90. The highest BCUT2D eigenvalue weighted by Gasteiger charge is 2.33. The van der Waals surface area contributed by atoms with Gasteiger partial charge in [0.15, 0.2) is 0 Å². The summed E-state index contributed by atoms with van der Waals surface area (Å²) in [5.74, 6) is 0.772. The van der Waals surface area contributed by atoms with Gasteiger partial charge in [-0.2, -0.15) is 0 Å². The highest BCUT2D eigenvalue weighted by molar-refractivity contribution is 5.95. The van der Waals surface area contributed by atoms with Crippen molar-refractivity contribution in [2.45, 2.75) is 25.4 Å². The second-order valence-electron chi connectivity index (χ2n) is 5.25. The Morgan fingerprint density at radius 3 is 2.71 bits per heavy atom. The van der Waals surface area contributed by atoms with Crippen LogP contribution in [0.25, 0.3) is 0 Å². The number of methoxy groups -OCH3 is 1. The lowest BCUT2D eigenvalue weighted by molar-refractivity contribution is 0.0729. The summed E-state index contributed by atoms with van der Waals surface area (Å²) in [7, 11) is 1.61. The van der Waals surface area contributed by atoms with E-state index >= 15 is 0 Å². The fourth-order valence-corrected chi connectivity index (χ4v) is 2.36. The maximum absolute atomic E-state index is 12.8. The third-order valence-electron chi connectivity index (χ3n) is 3.67. The van der Waals surface area contributed by atoms with Gasteiger partial charge >= 0.3 is 0 Å². The molecule has 1 amide bonds. The number of benzene rings is 1. The van der Waals surface area contributed by atoms with E-state index in [9.17, 15) is 4.79 Å². The molecule has 21 heavy (non-hydrogen) atoms. The van der Waals surface area contributed by atoms with Crippen LogP contribution >= 0.6 is 0 Å². The molecule has 1 aromatic carbocycles. The summed E-state index contributed by atoms with van der Waals surface area (Å²) >= 11 is 0. The van der Waals surface area contributed by atoms with E-state index in [1.165, 1.54) is 0 Å². The van der Waals surface area contributed by atoms with Crippen LogP contribution in [0.4, 0.5) is 0 Å². The number of rotatable bonds is 5. The molecule has 1 heterocycles. The zero-order valence-electron chi connectivity index (χ0n) is 12.0. The third kappa shape index (κ3) is 3.21. The first-order valence-electron chi connectivity index (χ1n) is 7.12. The van der Waals surface area contributed by atoms with Crippen molar-refractivity contribution in [3.63, 3.8) is 0 Å². The average Bonchev–Trinajstić information content (AvgIpc) is 3.38. The first kappa shape index (κ1) is 13.6. The molecule has 0 N–H and O–H groups in total. The second kappa shape index (κ2) is 5.95. The third-order valence-corrected chi connectivity index (χ3v) is 3.67. The molecular weight excluding hydrogens is 264 g/mol. The van der Waals surface area contributed by atoms with Gasteiger partial charge < -0.3 is 9.64 Å². The topological polar surface area (TPSA) is 42.4 Å². The van der Waals surface area contributed by atoms with Crippen LogP contribution in [0.5, 0.6) is 5.75 Å². The zero-order valence-corrected chi connectivity index (χ0v) is 12.0. The summed E-state index contributed by atoms with van der Waals surface area (Å²) in [6.45, 7) is 0.628. The lowest BCUT2D eigenvalue weighted by atomic mass is 10.1. The fourth-order valence-electron chi connectivity index (χ4n) is 2.36. The minimum absolute atomic E-state index is 0.0632. The molecule has 4 nitrogen and oxygen atoms in total. The molecule has 0 atom stereocenters. The zero-order chi connectivity index (χ0) is 14.7. The highest BCUT2D eigenvalue weighted by atomic mass is 16.5. The Hall–Kier alpha value is -2.36. The van der Waals surface area contributed by atoms with Crippen LogP contribution in [0, 0.1) is 0 Å². The number of carbonyl (C=O) groups excluding carboxylic acids is 1. The van der Waals surface area contributed by atoms with Crippen LogP contribution in [0.2, 0.25) is 0 Å². The maximum atomic E-state index is 12.8. The Bertz CT molecular complexity index is 624. The van der Waals surface area contributed by atoms with Gasteiger partial charge in [-0.3, -0.25) is 9.78 Å². The summed E-state index contributed by atoms with van der Waals surface area (Å²) in [4.78, 5) is 18.7. The molecule has 1 fully saturated rings. The molecular formula is C17H18N2O2. The van der Waals surface area contributed by atoms with Gasteiger partial charge in [0.2, 0.25) is 0 Å². The number of aromatic nitrogens is 1. The molecule has 1 aliphatic carbocycles. The van der Waals surface area contributed by atoms with Gasteiger partial charge in [-0.05, 0) is 48.7 Å². The molecule has 0 bridgehead atoms. The minimum atomic E-state index is 0.0632. The lowest BCUT2D eigenvalue weighted by Crippen LogP contribution is -2.32. The van der Waals surface area contributed by atoms with Gasteiger partial charge in [-0.25, -0.2) is 0 Å². The molecule has 2 aromatic rings. The molecule has 108 valence electrons. The van der Waals surface area contributed by atoms with Crippen LogP contribution in [-0.4, -0.2) is 28.9 Å². The molecule has 0 spiro atoms. The van der Waals surface area contributed by atoms with Gasteiger partial charge in [0.25, 0.3) is 5.91 Å². The van der Waals surface area contributed by atoms with Crippen molar-refractivity contribution >= 4 is 5.91 Å². The second-order valence-corrected chi connectivity index (χ2v) is 5.25. The highest BCUT2D eigenvalue weighted by Crippen LogP contribution is 2.30. The molecule has 3 rings (SSSR count). The van der Waals surface area contributed by atoms with Crippen molar-refractivity contribution < 1.29 is 9.53 Å². The van der Waals surface area contributed by atoms with Gasteiger partial charge in [0, 0.05) is 30.5 Å². The Kier molecular flexibility index (Phi) is 3.86. The van der Waals surface area contributed by atoms with Crippen molar-refractivity contribution in [1.29, 1.82) is 0 Å². The van der Waals surface area contributed by atoms with E-state index in [1.807, 2.05) is 35.2 Å². The Morgan fingerprint density at radius 2 is 2.05 bits per heavy atom. The molecule has 1 saturated carbocycles. The molecule has 1 aliphatic rings. The van der Waals surface area contributed by atoms with Crippen LogP contribution in [-0.2, 0) is 6.54 Å². The number of nitrogens with zero attached hydrogens (tertiary/aromatic N) is 2. The average molecular weight is 282 g/mol. The number of hydrogen-bond acceptors (Lipinski definition) is 3. The van der Waals surface area contributed by atoms with Crippen LogP contribution in [0.15, 0.2) is 48.8 Å². The van der Waals surface area contributed by atoms with Crippen LogP contribution in [0.1, 0.15) is 28.8 Å². The molecule has 4 heteroatoms. The minimum Gasteiger partial charge on any atom is -0.497 e. The molecule has 0 saturated heterocycles. The Balaban J connectivity index is 1.81. The van der Waals surface area contributed by atoms with E-state index in [0.717, 1.165) is 18.4 Å². The van der Waals surface area contributed by atoms with Crippen molar-refractivity contribution in [1.82, 2.24) is 9.88 Å². The molecule has 1 aromatic heterocycles. The van der Waals surface area contributed by atoms with E-state index in [-0.39, 0.29) is 5.91 Å². The summed E-state index contributed by atoms with van der Waals surface area (Å²) in [5.41, 5.74) is 1.78. The number of pyridine rings is 1. The van der Waals surface area contributed by atoms with E-state index in [2.05, 4.69) is 4.98 Å². The maximum Gasteiger partial charge on any atom is 0.254 e. The largest absolute Gasteiger partial charge is 0.497 e. The van der Waals surface area contributed by atoms with Crippen LogP contribution in [0.3, 0.4) is 0 Å². The van der Waals surface area contributed by atoms with Crippen molar-refractivity contribution in [2.75, 3.05) is 7.11 Å². The Labute approximate surface area is 124 Å². The monoisotopic (exact) mass is 282 g/mol. The number of carbonyl (C=O) groups is 1. The van der Waals surface area contributed by atoms with Gasteiger partial charge in [-0.1, -0.05) is 6.07 Å². The predicted molar refractivity (Wildman–Crippen MR) is 80.1 cm³/mol. The van der Waals surface area contributed by atoms with E-state index in [0.29, 0.717) is 23.9 Å². The fraction of sp³-hybridized carbons (Fsp3) is 0.294. The normalized spacial score (nSPS) is 13.8. The Morgan fingerprint density at radius 1 is 1.29 bits per heavy atom. The van der Waals surface area contributed by atoms with Crippen molar-refractivity contribution in [3.8, 4) is 5.75 Å². The summed E-state index contributed by atoms with van der Waals surface area (Å²) in [6, 6.07) is 11.6. The van der Waals surface area contributed by atoms with Crippen LogP contribution < -0.4 is 4.74 Å².